The number of amides is 1. The van der Waals surface area contributed by atoms with Crippen LogP contribution in [-0.2, 0) is 4.74 Å². The van der Waals surface area contributed by atoms with E-state index in [9.17, 15) is 4.79 Å². The van der Waals surface area contributed by atoms with E-state index >= 15 is 0 Å². The van der Waals surface area contributed by atoms with Crippen LogP contribution in [-0.4, -0.2) is 24.2 Å². The van der Waals surface area contributed by atoms with Crippen LogP contribution >= 0.6 is 11.6 Å². The Hall–Kier alpha value is -1.26. The van der Waals surface area contributed by atoms with Gasteiger partial charge < -0.3 is 15.8 Å². The van der Waals surface area contributed by atoms with Crippen LogP contribution in [0.1, 0.15) is 30.6 Å². The highest BCUT2D eigenvalue weighted by Crippen LogP contribution is 2.26. The lowest BCUT2D eigenvalue weighted by Gasteiger charge is -2.29. The first-order chi connectivity index (χ1) is 8.42. The maximum atomic E-state index is 12.2. The van der Waals surface area contributed by atoms with Gasteiger partial charge in [0.1, 0.15) is 0 Å². The molecule has 1 heterocycles. The van der Waals surface area contributed by atoms with Crippen LogP contribution in [0.4, 0.5) is 5.69 Å². The maximum absolute atomic E-state index is 12.2. The van der Waals surface area contributed by atoms with Gasteiger partial charge in [-0.15, -0.1) is 0 Å². The van der Waals surface area contributed by atoms with Gasteiger partial charge in [0, 0.05) is 12.3 Å². The summed E-state index contributed by atoms with van der Waals surface area (Å²) in [6, 6.07) is 4.88. The topological polar surface area (TPSA) is 64.3 Å². The smallest absolute Gasteiger partial charge is 0.253 e. The van der Waals surface area contributed by atoms with Gasteiger partial charge >= 0.3 is 0 Å². The van der Waals surface area contributed by atoms with Crippen molar-refractivity contribution >= 4 is 23.2 Å². The number of halogens is 1. The zero-order chi connectivity index (χ0) is 13.3. The predicted octanol–water partition coefficient (Wildman–Crippen LogP) is 2.22. The van der Waals surface area contributed by atoms with Crippen LogP contribution in [0.25, 0.3) is 0 Å². The van der Waals surface area contributed by atoms with Crippen molar-refractivity contribution < 1.29 is 9.53 Å². The number of nitrogens with one attached hydrogen (secondary N) is 1. The van der Waals surface area contributed by atoms with Gasteiger partial charge in [-0.1, -0.05) is 11.6 Å². The molecule has 2 atom stereocenters. The third-order valence-electron chi connectivity index (χ3n) is 3.52. The number of rotatable bonds is 2. The fraction of sp³-hybridized carbons (Fsp3) is 0.462. The average molecular weight is 269 g/mol. The molecule has 5 heteroatoms. The highest BCUT2D eigenvalue weighted by Gasteiger charge is 2.38. The molecule has 0 saturated carbocycles. The van der Waals surface area contributed by atoms with Crippen molar-refractivity contribution in [3.63, 3.8) is 0 Å². The minimum Gasteiger partial charge on any atom is -0.399 e. The Labute approximate surface area is 111 Å². The molecule has 0 spiro atoms. The molecule has 0 bridgehead atoms. The monoisotopic (exact) mass is 268 g/mol. The summed E-state index contributed by atoms with van der Waals surface area (Å²) < 4.78 is 5.49. The van der Waals surface area contributed by atoms with E-state index in [4.69, 9.17) is 22.1 Å². The van der Waals surface area contributed by atoms with Crippen LogP contribution in [0.3, 0.4) is 0 Å². The van der Waals surface area contributed by atoms with Gasteiger partial charge in [-0.2, -0.15) is 0 Å². The Morgan fingerprint density at radius 2 is 2.33 bits per heavy atom. The molecule has 1 aromatic rings. The molecule has 98 valence electrons. The van der Waals surface area contributed by atoms with E-state index < -0.39 is 0 Å². The van der Waals surface area contributed by atoms with Crippen molar-refractivity contribution in [3.8, 4) is 0 Å². The molecule has 4 nitrogen and oxygen atoms in total. The number of hydrogen-bond donors (Lipinski definition) is 2. The van der Waals surface area contributed by atoms with E-state index in [-0.39, 0.29) is 17.6 Å². The molecule has 1 fully saturated rings. The fourth-order valence-corrected chi connectivity index (χ4v) is 2.25. The van der Waals surface area contributed by atoms with E-state index in [0.717, 1.165) is 6.42 Å². The Kier molecular flexibility index (Phi) is 3.50. The summed E-state index contributed by atoms with van der Waals surface area (Å²) in [7, 11) is 0. The second kappa shape index (κ2) is 4.78. The van der Waals surface area contributed by atoms with E-state index in [2.05, 4.69) is 5.32 Å². The first kappa shape index (κ1) is 13.2. The van der Waals surface area contributed by atoms with Gasteiger partial charge in [0.2, 0.25) is 0 Å². The molecular weight excluding hydrogens is 252 g/mol. The second-order valence-electron chi connectivity index (χ2n) is 4.87. The summed E-state index contributed by atoms with van der Waals surface area (Å²) in [5.74, 6) is -0.216. The Balaban J connectivity index is 2.19. The summed E-state index contributed by atoms with van der Waals surface area (Å²) in [6.45, 7) is 4.58. The number of carbonyl (C=O) groups excluding carboxylic acids is 1. The molecule has 2 rings (SSSR count). The van der Waals surface area contributed by atoms with Crippen molar-refractivity contribution in [2.24, 2.45) is 0 Å². The number of nitrogens with two attached hydrogens (primary N) is 1. The zero-order valence-electron chi connectivity index (χ0n) is 10.5. The van der Waals surface area contributed by atoms with Crippen LogP contribution < -0.4 is 11.1 Å². The standard InChI is InChI=1S/C13H17ClN2O2/c1-8-13(2,5-6-18-8)16-12(17)10-7-9(15)3-4-11(10)14/h3-4,7-8H,5-6,15H2,1-2H3,(H,16,17). The van der Waals surface area contributed by atoms with Crippen LogP contribution in [0.2, 0.25) is 5.02 Å². The third-order valence-corrected chi connectivity index (χ3v) is 3.85. The predicted molar refractivity (Wildman–Crippen MR) is 71.8 cm³/mol. The van der Waals surface area contributed by atoms with Crippen molar-refractivity contribution in [2.45, 2.75) is 31.9 Å². The Morgan fingerprint density at radius 1 is 1.61 bits per heavy atom. The minimum absolute atomic E-state index is 0.0127. The molecule has 1 aromatic carbocycles. The minimum atomic E-state index is -0.356. The molecule has 18 heavy (non-hydrogen) atoms. The molecule has 1 amide bonds. The Bertz CT molecular complexity index is 478. The number of ether oxygens (including phenoxy) is 1. The molecule has 1 saturated heterocycles. The summed E-state index contributed by atoms with van der Waals surface area (Å²) in [4.78, 5) is 12.2. The number of benzene rings is 1. The molecule has 1 aliphatic rings. The fourth-order valence-electron chi connectivity index (χ4n) is 2.04. The molecule has 0 aromatic heterocycles. The van der Waals surface area contributed by atoms with Gasteiger partial charge in [0.15, 0.2) is 0 Å². The molecule has 1 aliphatic heterocycles. The van der Waals surface area contributed by atoms with Gasteiger partial charge in [-0.25, -0.2) is 0 Å². The van der Waals surface area contributed by atoms with Crippen molar-refractivity contribution in [2.75, 3.05) is 12.3 Å². The van der Waals surface area contributed by atoms with Crippen LogP contribution in [0, 0.1) is 0 Å². The quantitative estimate of drug-likeness (QED) is 0.809. The summed E-state index contributed by atoms with van der Waals surface area (Å²) in [5, 5.41) is 3.39. The number of anilines is 1. The lowest BCUT2D eigenvalue weighted by molar-refractivity contribution is 0.0727. The highest BCUT2D eigenvalue weighted by molar-refractivity contribution is 6.34. The number of hydrogen-bond acceptors (Lipinski definition) is 3. The van der Waals surface area contributed by atoms with E-state index in [1.807, 2.05) is 13.8 Å². The van der Waals surface area contributed by atoms with Crippen LogP contribution in [0.5, 0.6) is 0 Å². The molecule has 2 unspecified atom stereocenters. The van der Waals surface area contributed by atoms with Crippen LogP contribution in [0.15, 0.2) is 18.2 Å². The van der Waals surface area contributed by atoms with Crippen molar-refractivity contribution in [1.82, 2.24) is 5.32 Å². The van der Waals surface area contributed by atoms with Crippen molar-refractivity contribution in [3.05, 3.63) is 28.8 Å². The maximum Gasteiger partial charge on any atom is 0.253 e. The largest absolute Gasteiger partial charge is 0.399 e. The number of nitrogen functional groups attached to an aromatic ring is 1. The molecule has 0 radical (unpaired) electrons. The second-order valence-corrected chi connectivity index (χ2v) is 5.28. The average Bonchev–Trinajstić information content (AvgIpc) is 2.62. The van der Waals surface area contributed by atoms with E-state index in [0.29, 0.717) is 22.9 Å². The lowest BCUT2D eigenvalue weighted by atomic mass is 9.94. The lowest BCUT2D eigenvalue weighted by Crippen LogP contribution is -2.50. The van der Waals surface area contributed by atoms with Gasteiger partial charge in [0.25, 0.3) is 5.91 Å². The first-order valence-corrected chi connectivity index (χ1v) is 6.29. The van der Waals surface area contributed by atoms with Gasteiger partial charge in [-0.3, -0.25) is 4.79 Å². The summed E-state index contributed by atoms with van der Waals surface area (Å²) in [6.07, 6.45) is 0.779. The normalized spacial score (nSPS) is 27.2. The summed E-state index contributed by atoms with van der Waals surface area (Å²) in [5.41, 5.74) is 6.23. The first-order valence-electron chi connectivity index (χ1n) is 5.91. The molecule has 0 aliphatic carbocycles. The number of carbonyl (C=O) groups is 1. The Morgan fingerprint density at radius 3 is 2.94 bits per heavy atom. The third kappa shape index (κ3) is 2.44. The van der Waals surface area contributed by atoms with Gasteiger partial charge in [-0.05, 0) is 38.5 Å². The zero-order valence-corrected chi connectivity index (χ0v) is 11.3. The summed E-state index contributed by atoms with van der Waals surface area (Å²) >= 11 is 6.01. The van der Waals surface area contributed by atoms with Crippen molar-refractivity contribution in [1.29, 1.82) is 0 Å². The molecular formula is C13H17ClN2O2. The van der Waals surface area contributed by atoms with E-state index in [1.165, 1.54) is 0 Å². The van der Waals surface area contributed by atoms with E-state index in [1.54, 1.807) is 18.2 Å². The highest BCUT2D eigenvalue weighted by atomic mass is 35.5. The molecule has 3 N–H and O–H groups in total. The SMILES string of the molecule is CC1OCCC1(C)NC(=O)c1cc(N)ccc1Cl. The van der Waals surface area contributed by atoms with Gasteiger partial charge in [0.05, 0.1) is 22.2 Å².